The van der Waals surface area contributed by atoms with E-state index < -0.39 is 17.8 Å². The van der Waals surface area contributed by atoms with E-state index >= 15 is 0 Å². The lowest BCUT2D eigenvalue weighted by atomic mass is 10.2. The van der Waals surface area contributed by atoms with Crippen molar-refractivity contribution in [1.29, 1.82) is 0 Å². The Labute approximate surface area is 104 Å². The zero-order chi connectivity index (χ0) is 14.2. The molecule has 0 aliphatic heterocycles. The largest absolute Gasteiger partial charge is 0.433 e. The standard InChI is InChI=1S/C10H8F3N5O/c11-10(12,13)7-2-1-6(8(15)19)9(17-7)18-4-5(14)3-16-18/h1-4H,14H2,(H2,15,19). The van der Waals surface area contributed by atoms with Crippen molar-refractivity contribution in [3.05, 3.63) is 35.8 Å². The lowest BCUT2D eigenvalue weighted by Gasteiger charge is -2.10. The third-order valence-corrected chi connectivity index (χ3v) is 2.25. The molecule has 2 rings (SSSR count). The molecule has 0 aliphatic rings. The van der Waals surface area contributed by atoms with Crippen molar-refractivity contribution >= 4 is 11.6 Å². The van der Waals surface area contributed by atoms with Crippen molar-refractivity contribution in [2.24, 2.45) is 5.73 Å². The van der Waals surface area contributed by atoms with E-state index in [2.05, 4.69) is 10.1 Å². The van der Waals surface area contributed by atoms with Gasteiger partial charge in [0.25, 0.3) is 5.91 Å². The molecule has 0 bridgehead atoms. The monoisotopic (exact) mass is 271 g/mol. The highest BCUT2D eigenvalue weighted by Crippen LogP contribution is 2.29. The van der Waals surface area contributed by atoms with Gasteiger partial charge in [-0.3, -0.25) is 4.79 Å². The highest BCUT2D eigenvalue weighted by atomic mass is 19.4. The quantitative estimate of drug-likeness (QED) is 0.849. The number of hydrogen-bond acceptors (Lipinski definition) is 4. The molecule has 6 nitrogen and oxygen atoms in total. The van der Waals surface area contributed by atoms with Crippen molar-refractivity contribution < 1.29 is 18.0 Å². The molecule has 19 heavy (non-hydrogen) atoms. The highest BCUT2D eigenvalue weighted by Gasteiger charge is 2.33. The number of nitrogen functional groups attached to an aromatic ring is 1. The first-order chi connectivity index (χ1) is 8.79. The highest BCUT2D eigenvalue weighted by molar-refractivity contribution is 5.95. The molecule has 0 atom stereocenters. The predicted molar refractivity (Wildman–Crippen MR) is 59.3 cm³/mol. The molecule has 1 amide bonds. The Kier molecular flexibility index (Phi) is 2.89. The minimum Gasteiger partial charge on any atom is -0.396 e. The predicted octanol–water partition coefficient (Wildman–Crippen LogP) is 0.967. The van der Waals surface area contributed by atoms with Gasteiger partial charge < -0.3 is 11.5 Å². The molecule has 0 unspecified atom stereocenters. The lowest BCUT2D eigenvalue weighted by molar-refractivity contribution is -0.141. The van der Waals surface area contributed by atoms with Gasteiger partial charge in [0.1, 0.15) is 5.69 Å². The molecule has 0 aliphatic carbocycles. The number of anilines is 1. The van der Waals surface area contributed by atoms with Crippen molar-refractivity contribution in [2.45, 2.75) is 6.18 Å². The number of primary amides is 1. The van der Waals surface area contributed by atoms with Gasteiger partial charge in [0.2, 0.25) is 0 Å². The number of carbonyl (C=O) groups is 1. The Hall–Kier alpha value is -2.58. The fourth-order valence-electron chi connectivity index (χ4n) is 1.43. The van der Waals surface area contributed by atoms with E-state index in [1.807, 2.05) is 0 Å². The van der Waals surface area contributed by atoms with Crippen LogP contribution in [0.15, 0.2) is 24.5 Å². The number of pyridine rings is 1. The summed E-state index contributed by atoms with van der Waals surface area (Å²) in [6.45, 7) is 0. The van der Waals surface area contributed by atoms with Gasteiger partial charge in [-0.05, 0) is 12.1 Å². The number of nitrogens with zero attached hydrogens (tertiary/aromatic N) is 3. The zero-order valence-electron chi connectivity index (χ0n) is 9.35. The Morgan fingerprint density at radius 2 is 2.00 bits per heavy atom. The van der Waals surface area contributed by atoms with E-state index in [1.54, 1.807) is 0 Å². The smallest absolute Gasteiger partial charge is 0.396 e. The number of aromatic nitrogens is 3. The van der Waals surface area contributed by atoms with Crippen LogP contribution in [0.25, 0.3) is 5.82 Å². The SMILES string of the molecule is NC(=O)c1ccc(C(F)(F)F)nc1-n1cc(N)cn1. The topological polar surface area (TPSA) is 99.8 Å². The second kappa shape index (κ2) is 4.26. The Balaban J connectivity index is 2.64. The van der Waals surface area contributed by atoms with Gasteiger partial charge in [-0.15, -0.1) is 0 Å². The molecule has 0 fully saturated rings. The van der Waals surface area contributed by atoms with Crippen LogP contribution < -0.4 is 11.5 Å². The fraction of sp³-hybridized carbons (Fsp3) is 0.100. The second-order valence-electron chi connectivity index (χ2n) is 3.65. The third kappa shape index (κ3) is 2.49. The maximum absolute atomic E-state index is 12.6. The Bertz CT molecular complexity index is 634. The van der Waals surface area contributed by atoms with E-state index in [0.29, 0.717) is 6.07 Å². The van der Waals surface area contributed by atoms with Crippen molar-refractivity contribution in [2.75, 3.05) is 5.73 Å². The van der Waals surface area contributed by atoms with Gasteiger partial charge in [0, 0.05) is 0 Å². The summed E-state index contributed by atoms with van der Waals surface area (Å²) in [6, 6.07) is 1.63. The number of rotatable bonds is 2. The Morgan fingerprint density at radius 3 is 2.47 bits per heavy atom. The number of alkyl halides is 3. The summed E-state index contributed by atoms with van der Waals surface area (Å²) < 4.78 is 38.7. The maximum Gasteiger partial charge on any atom is 0.433 e. The molecule has 100 valence electrons. The zero-order valence-corrected chi connectivity index (χ0v) is 9.35. The first-order valence-electron chi connectivity index (χ1n) is 4.97. The first-order valence-corrected chi connectivity index (χ1v) is 4.97. The molecular weight excluding hydrogens is 263 g/mol. The van der Waals surface area contributed by atoms with Crippen LogP contribution in [0.2, 0.25) is 0 Å². The van der Waals surface area contributed by atoms with Crippen LogP contribution in [0, 0.1) is 0 Å². The van der Waals surface area contributed by atoms with Crippen molar-refractivity contribution in [1.82, 2.24) is 14.8 Å². The molecule has 0 aromatic carbocycles. The normalized spacial score (nSPS) is 11.5. The molecule has 9 heteroatoms. The van der Waals surface area contributed by atoms with E-state index in [9.17, 15) is 18.0 Å². The number of hydrogen-bond donors (Lipinski definition) is 2. The third-order valence-electron chi connectivity index (χ3n) is 2.25. The van der Waals surface area contributed by atoms with E-state index in [0.717, 1.165) is 10.7 Å². The molecular formula is C10H8F3N5O. The van der Waals surface area contributed by atoms with Crippen LogP contribution >= 0.6 is 0 Å². The van der Waals surface area contributed by atoms with Crippen LogP contribution in [0.4, 0.5) is 18.9 Å². The van der Waals surface area contributed by atoms with Gasteiger partial charge in [-0.25, -0.2) is 9.67 Å². The molecule has 0 saturated heterocycles. The summed E-state index contributed by atoms with van der Waals surface area (Å²) in [5.41, 5.74) is 9.38. The van der Waals surface area contributed by atoms with Crippen molar-refractivity contribution in [3.8, 4) is 5.82 Å². The van der Waals surface area contributed by atoms with Gasteiger partial charge in [0.15, 0.2) is 5.82 Å². The van der Waals surface area contributed by atoms with Crippen molar-refractivity contribution in [3.63, 3.8) is 0 Å². The summed E-state index contributed by atoms with van der Waals surface area (Å²) in [6.07, 6.45) is -2.19. The minimum absolute atomic E-state index is 0.184. The summed E-state index contributed by atoms with van der Waals surface area (Å²) >= 11 is 0. The molecule has 0 saturated carbocycles. The van der Waals surface area contributed by atoms with Gasteiger partial charge in [0.05, 0.1) is 23.6 Å². The second-order valence-corrected chi connectivity index (χ2v) is 3.65. The molecule has 2 aromatic heterocycles. The van der Waals surface area contributed by atoms with Crippen LogP contribution in [0.3, 0.4) is 0 Å². The van der Waals surface area contributed by atoms with Crippen LogP contribution in [0.5, 0.6) is 0 Å². The Morgan fingerprint density at radius 1 is 1.32 bits per heavy atom. The number of halogens is 3. The van der Waals surface area contributed by atoms with Gasteiger partial charge in [-0.1, -0.05) is 0 Å². The molecule has 2 heterocycles. The summed E-state index contributed by atoms with van der Waals surface area (Å²) in [5.74, 6) is -1.23. The molecule has 0 spiro atoms. The average Bonchev–Trinajstić information content (AvgIpc) is 2.73. The van der Waals surface area contributed by atoms with Crippen LogP contribution in [0.1, 0.15) is 16.1 Å². The molecule has 4 N–H and O–H groups in total. The summed E-state index contributed by atoms with van der Waals surface area (Å²) in [7, 11) is 0. The number of nitrogens with two attached hydrogens (primary N) is 2. The molecule has 0 radical (unpaired) electrons. The van der Waals surface area contributed by atoms with E-state index in [1.165, 1.54) is 12.4 Å². The number of amides is 1. The molecule has 2 aromatic rings. The number of carbonyl (C=O) groups excluding carboxylic acids is 1. The fourth-order valence-corrected chi connectivity index (χ4v) is 1.43. The lowest BCUT2D eigenvalue weighted by Crippen LogP contribution is -2.19. The van der Waals surface area contributed by atoms with Crippen LogP contribution in [-0.2, 0) is 6.18 Å². The minimum atomic E-state index is -4.64. The van der Waals surface area contributed by atoms with E-state index in [-0.39, 0.29) is 17.1 Å². The average molecular weight is 271 g/mol. The maximum atomic E-state index is 12.6. The summed E-state index contributed by atoms with van der Waals surface area (Å²) in [5, 5.41) is 3.71. The van der Waals surface area contributed by atoms with Crippen LogP contribution in [-0.4, -0.2) is 20.7 Å². The van der Waals surface area contributed by atoms with E-state index in [4.69, 9.17) is 11.5 Å². The van der Waals surface area contributed by atoms with Gasteiger partial charge >= 0.3 is 6.18 Å². The van der Waals surface area contributed by atoms with Gasteiger partial charge in [-0.2, -0.15) is 18.3 Å². The first kappa shape index (κ1) is 12.9. The summed E-state index contributed by atoms with van der Waals surface area (Å²) in [4.78, 5) is 14.6.